The third-order valence-electron chi connectivity index (χ3n) is 4.21. The molecule has 0 saturated heterocycles. The molecular formula is C21H22N2O3. The van der Waals surface area contributed by atoms with Crippen molar-refractivity contribution in [3.8, 4) is 33.9 Å². The number of hydrogen-bond donors (Lipinski definition) is 0. The normalized spacial score (nSPS) is 10.8. The summed E-state index contributed by atoms with van der Waals surface area (Å²) in [5.41, 5.74) is 3.26. The summed E-state index contributed by atoms with van der Waals surface area (Å²) in [5.74, 6) is 1.54. The summed E-state index contributed by atoms with van der Waals surface area (Å²) < 4.78 is 12.0. The Bertz CT molecular complexity index is 942. The Kier molecular flexibility index (Phi) is 5.07. The number of nitrogens with zero attached hydrogens (tertiary/aromatic N) is 2. The molecule has 2 aromatic carbocycles. The lowest BCUT2D eigenvalue weighted by molar-refractivity contribution is 0.414. The molecule has 1 heterocycles. The predicted octanol–water partition coefficient (Wildman–Crippen LogP) is 4.18. The number of ether oxygens (including phenoxy) is 2. The van der Waals surface area contributed by atoms with Gasteiger partial charge in [-0.05, 0) is 55.8 Å². The average molecular weight is 350 g/mol. The van der Waals surface area contributed by atoms with Gasteiger partial charge in [-0.3, -0.25) is 4.79 Å². The van der Waals surface area contributed by atoms with Gasteiger partial charge < -0.3 is 9.47 Å². The molecule has 0 unspecified atom stereocenters. The lowest BCUT2D eigenvalue weighted by Crippen LogP contribution is -2.24. The summed E-state index contributed by atoms with van der Waals surface area (Å²) in [6.45, 7) is 3.89. The average Bonchev–Trinajstić information content (AvgIpc) is 2.67. The van der Waals surface area contributed by atoms with Crippen molar-refractivity contribution >= 4 is 0 Å². The van der Waals surface area contributed by atoms with E-state index in [-0.39, 0.29) is 11.6 Å². The van der Waals surface area contributed by atoms with Crippen LogP contribution >= 0.6 is 0 Å². The van der Waals surface area contributed by atoms with E-state index in [1.807, 2.05) is 62.4 Å². The second kappa shape index (κ2) is 7.44. The molecule has 0 radical (unpaired) electrons. The molecule has 0 N–H and O–H groups in total. The van der Waals surface area contributed by atoms with Crippen molar-refractivity contribution in [1.82, 2.24) is 9.78 Å². The monoisotopic (exact) mass is 350 g/mol. The molecule has 0 aliphatic heterocycles. The van der Waals surface area contributed by atoms with Crippen molar-refractivity contribution < 1.29 is 9.47 Å². The highest BCUT2D eigenvalue weighted by Gasteiger charge is 2.14. The Morgan fingerprint density at radius 2 is 1.35 bits per heavy atom. The Morgan fingerprint density at radius 1 is 0.846 bits per heavy atom. The van der Waals surface area contributed by atoms with Gasteiger partial charge in [-0.15, -0.1) is 0 Å². The van der Waals surface area contributed by atoms with Crippen LogP contribution in [0.25, 0.3) is 22.4 Å². The zero-order valence-corrected chi connectivity index (χ0v) is 15.4. The lowest BCUT2D eigenvalue weighted by Gasteiger charge is -2.15. The minimum absolute atomic E-state index is 0.0237. The van der Waals surface area contributed by atoms with Crippen molar-refractivity contribution in [2.75, 3.05) is 14.2 Å². The van der Waals surface area contributed by atoms with Crippen molar-refractivity contribution in [1.29, 1.82) is 0 Å². The first-order valence-electron chi connectivity index (χ1n) is 8.46. The summed E-state index contributed by atoms with van der Waals surface area (Å²) >= 11 is 0. The van der Waals surface area contributed by atoms with E-state index in [2.05, 4.69) is 5.10 Å². The molecule has 134 valence electrons. The number of aromatic nitrogens is 2. The van der Waals surface area contributed by atoms with E-state index in [1.54, 1.807) is 20.3 Å². The molecule has 0 fully saturated rings. The first-order chi connectivity index (χ1) is 12.5. The zero-order chi connectivity index (χ0) is 18.7. The lowest BCUT2D eigenvalue weighted by atomic mass is 10.00. The van der Waals surface area contributed by atoms with Crippen LogP contribution in [-0.4, -0.2) is 24.0 Å². The second-order valence-electron chi connectivity index (χ2n) is 6.24. The van der Waals surface area contributed by atoms with Crippen LogP contribution in [-0.2, 0) is 0 Å². The van der Waals surface area contributed by atoms with Crippen molar-refractivity contribution in [3.63, 3.8) is 0 Å². The van der Waals surface area contributed by atoms with Gasteiger partial charge in [-0.2, -0.15) is 5.10 Å². The van der Waals surface area contributed by atoms with Crippen LogP contribution in [0.15, 0.2) is 59.4 Å². The van der Waals surface area contributed by atoms with E-state index in [4.69, 9.17) is 9.47 Å². The third kappa shape index (κ3) is 3.47. The van der Waals surface area contributed by atoms with Crippen molar-refractivity contribution in [2.45, 2.75) is 19.9 Å². The largest absolute Gasteiger partial charge is 0.497 e. The molecule has 0 aliphatic rings. The first-order valence-corrected chi connectivity index (χ1v) is 8.46. The van der Waals surface area contributed by atoms with E-state index in [1.165, 1.54) is 4.68 Å². The molecule has 3 rings (SSSR count). The van der Waals surface area contributed by atoms with Gasteiger partial charge in [0.1, 0.15) is 11.5 Å². The smallest absolute Gasteiger partial charge is 0.267 e. The standard InChI is InChI=1S/C21H22N2O3/c1-14(2)23-20(24)13-19(15-5-9-17(25-3)10-6-15)21(22-23)16-7-11-18(26-4)12-8-16/h5-14H,1-4H3. The molecule has 0 saturated carbocycles. The fourth-order valence-electron chi connectivity index (χ4n) is 2.79. The minimum atomic E-state index is -0.122. The quantitative estimate of drug-likeness (QED) is 0.693. The molecule has 1 aromatic heterocycles. The van der Waals surface area contributed by atoms with Gasteiger partial charge in [-0.1, -0.05) is 12.1 Å². The third-order valence-corrected chi connectivity index (χ3v) is 4.21. The van der Waals surface area contributed by atoms with Gasteiger partial charge in [0.05, 0.1) is 26.0 Å². The van der Waals surface area contributed by atoms with Crippen LogP contribution in [0, 0.1) is 0 Å². The number of rotatable bonds is 5. The first kappa shape index (κ1) is 17.7. The zero-order valence-electron chi connectivity index (χ0n) is 15.4. The summed E-state index contributed by atoms with van der Waals surface area (Å²) in [4.78, 5) is 12.5. The topological polar surface area (TPSA) is 53.4 Å². The number of methoxy groups -OCH3 is 2. The molecule has 26 heavy (non-hydrogen) atoms. The van der Waals surface area contributed by atoms with E-state index in [0.717, 1.165) is 33.9 Å². The fourth-order valence-corrected chi connectivity index (χ4v) is 2.79. The van der Waals surface area contributed by atoms with E-state index < -0.39 is 0 Å². The molecular weight excluding hydrogens is 328 g/mol. The molecule has 5 heteroatoms. The SMILES string of the molecule is COc1ccc(-c2cc(=O)n(C(C)C)nc2-c2ccc(OC)cc2)cc1. The molecule has 0 amide bonds. The summed E-state index contributed by atoms with van der Waals surface area (Å²) in [5, 5.41) is 4.65. The van der Waals surface area contributed by atoms with E-state index >= 15 is 0 Å². The highest BCUT2D eigenvalue weighted by molar-refractivity contribution is 5.80. The Hall–Kier alpha value is -3.08. The van der Waals surface area contributed by atoms with Gasteiger partial charge in [0.25, 0.3) is 5.56 Å². The Balaban J connectivity index is 2.20. The van der Waals surface area contributed by atoms with Crippen LogP contribution in [0.5, 0.6) is 11.5 Å². The maximum Gasteiger partial charge on any atom is 0.267 e. The maximum atomic E-state index is 12.5. The molecule has 0 spiro atoms. The molecule has 0 bridgehead atoms. The fraction of sp³-hybridized carbons (Fsp3) is 0.238. The summed E-state index contributed by atoms with van der Waals surface area (Å²) in [6, 6.07) is 16.9. The van der Waals surface area contributed by atoms with Gasteiger partial charge in [0, 0.05) is 17.2 Å². The Morgan fingerprint density at radius 3 is 1.81 bits per heavy atom. The van der Waals surface area contributed by atoms with Crippen LogP contribution in [0.1, 0.15) is 19.9 Å². The summed E-state index contributed by atoms with van der Waals surface area (Å²) in [6.07, 6.45) is 0. The van der Waals surface area contributed by atoms with Crippen LogP contribution in [0.2, 0.25) is 0 Å². The number of benzene rings is 2. The van der Waals surface area contributed by atoms with Gasteiger partial charge in [0.2, 0.25) is 0 Å². The van der Waals surface area contributed by atoms with Gasteiger partial charge in [-0.25, -0.2) is 4.68 Å². The molecule has 0 aliphatic carbocycles. The van der Waals surface area contributed by atoms with E-state index in [0.29, 0.717) is 0 Å². The van der Waals surface area contributed by atoms with Gasteiger partial charge >= 0.3 is 0 Å². The van der Waals surface area contributed by atoms with Crippen molar-refractivity contribution in [2.24, 2.45) is 0 Å². The molecule has 3 aromatic rings. The Labute approximate surface area is 152 Å². The van der Waals surface area contributed by atoms with Crippen LogP contribution in [0.3, 0.4) is 0 Å². The summed E-state index contributed by atoms with van der Waals surface area (Å²) in [7, 11) is 3.26. The number of hydrogen-bond acceptors (Lipinski definition) is 4. The highest BCUT2D eigenvalue weighted by Crippen LogP contribution is 2.31. The predicted molar refractivity (Wildman–Crippen MR) is 103 cm³/mol. The minimum Gasteiger partial charge on any atom is -0.497 e. The van der Waals surface area contributed by atoms with Crippen molar-refractivity contribution in [3.05, 3.63) is 65.0 Å². The highest BCUT2D eigenvalue weighted by atomic mass is 16.5. The molecule has 5 nitrogen and oxygen atoms in total. The second-order valence-corrected chi connectivity index (χ2v) is 6.24. The van der Waals surface area contributed by atoms with Crippen LogP contribution < -0.4 is 15.0 Å². The van der Waals surface area contributed by atoms with E-state index in [9.17, 15) is 4.79 Å². The van der Waals surface area contributed by atoms with Gasteiger partial charge in [0.15, 0.2) is 0 Å². The van der Waals surface area contributed by atoms with Crippen LogP contribution in [0.4, 0.5) is 0 Å². The molecule has 0 atom stereocenters. The maximum absolute atomic E-state index is 12.5.